The number of nitrogens with zero attached hydrogens (tertiary/aromatic N) is 1. The van der Waals surface area contributed by atoms with E-state index in [0.717, 1.165) is 24.5 Å². The van der Waals surface area contributed by atoms with Crippen LogP contribution in [0.15, 0.2) is 65.6 Å². The fourth-order valence-corrected chi connectivity index (χ4v) is 6.32. The van der Waals surface area contributed by atoms with E-state index in [1.54, 1.807) is 36.4 Å². The third kappa shape index (κ3) is 7.62. The van der Waals surface area contributed by atoms with E-state index in [-0.39, 0.29) is 46.7 Å². The van der Waals surface area contributed by atoms with Gasteiger partial charge in [-0.3, -0.25) is 14.1 Å². The van der Waals surface area contributed by atoms with E-state index in [9.17, 15) is 31.2 Å². The van der Waals surface area contributed by atoms with Gasteiger partial charge in [-0.1, -0.05) is 23.8 Å². The summed E-state index contributed by atoms with van der Waals surface area (Å²) in [5.41, 5.74) is 8.27. The number of aryl methyl sites for hydroxylation is 1. The Bertz CT molecular complexity index is 1590. The lowest BCUT2D eigenvalue weighted by molar-refractivity contribution is 0.0500. The van der Waals surface area contributed by atoms with Crippen LogP contribution in [-0.2, 0) is 16.5 Å². The van der Waals surface area contributed by atoms with Crippen LogP contribution < -0.4 is 11.1 Å². The zero-order valence-electron chi connectivity index (χ0n) is 23.8. The van der Waals surface area contributed by atoms with Crippen molar-refractivity contribution in [3.8, 4) is 0 Å². The number of nitrogens with two attached hydrogens (primary N) is 1. The van der Waals surface area contributed by atoms with Crippen LogP contribution in [0, 0.1) is 30.3 Å². The molecule has 0 aromatic heterocycles. The maximum absolute atomic E-state index is 14.1. The topological polar surface area (TPSA) is 130 Å². The summed E-state index contributed by atoms with van der Waals surface area (Å²) in [7, 11) is -2.48. The number of amides is 2. The number of rotatable bonds is 6. The van der Waals surface area contributed by atoms with Gasteiger partial charge in [-0.25, -0.2) is 13.2 Å². The molecule has 3 aromatic carbocycles. The maximum atomic E-state index is 14.1. The second-order valence-corrected chi connectivity index (χ2v) is 12.4. The third-order valence-corrected chi connectivity index (χ3v) is 8.94. The number of halogens is 3. The van der Waals surface area contributed by atoms with E-state index in [0.29, 0.717) is 30.0 Å². The first-order valence-electron chi connectivity index (χ1n) is 13.9. The van der Waals surface area contributed by atoms with Gasteiger partial charge in [-0.15, -0.1) is 0 Å². The highest BCUT2D eigenvalue weighted by molar-refractivity contribution is 7.85. The number of nitrogens with one attached hydrogen (secondary N) is 1. The molecule has 2 aliphatic rings. The molecule has 2 heterocycles. The van der Waals surface area contributed by atoms with Gasteiger partial charge in [0.1, 0.15) is 5.82 Å². The van der Waals surface area contributed by atoms with Crippen molar-refractivity contribution in [2.45, 2.75) is 62.0 Å². The van der Waals surface area contributed by atoms with Crippen molar-refractivity contribution in [3.63, 3.8) is 0 Å². The Balaban J connectivity index is 0.000000324. The van der Waals surface area contributed by atoms with Gasteiger partial charge in [0.05, 0.1) is 4.90 Å². The van der Waals surface area contributed by atoms with Crippen molar-refractivity contribution in [1.82, 2.24) is 10.2 Å². The molecular formula is C31H34F3N3O5S. The molecule has 230 valence electrons. The molecule has 12 heteroatoms. The van der Waals surface area contributed by atoms with E-state index >= 15 is 0 Å². The molecule has 0 aliphatic carbocycles. The first kappa shape index (κ1) is 32.2. The van der Waals surface area contributed by atoms with Gasteiger partial charge >= 0.3 is 0 Å². The summed E-state index contributed by atoms with van der Waals surface area (Å²) in [4.78, 5) is 27.0. The molecule has 0 saturated carbocycles. The highest BCUT2D eigenvalue weighted by atomic mass is 32.2. The molecule has 0 spiro atoms. The molecule has 2 aliphatic heterocycles. The fraction of sp³-hybridized carbons (Fsp3) is 0.355. The average molecular weight is 618 g/mol. The molecule has 2 saturated heterocycles. The predicted octanol–water partition coefficient (Wildman–Crippen LogP) is 4.66. The number of benzene rings is 3. The molecule has 5 rings (SSSR count). The van der Waals surface area contributed by atoms with E-state index in [1.165, 1.54) is 19.2 Å². The first-order valence-corrected chi connectivity index (χ1v) is 15.3. The minimum Gasteiger partial charge on any atom is -0.355 e. The van der Waals surface area contributed by atoms with Crippen LogP contribution in [0.1, 0.15) is 57.5 Å². The normalized spacial score (nSPS) is 20.2. The lowest BCUT2D eigenvalue weighted by Crippen LogP contribution is -2.50. The molecule has 2 fully saturated rings. The van der Waals surface area contributed by atoms with Crippen LogP contribution in [0.2, 0.25) is 0 Å². The maximum Gasteiger partial charge on any atom is 0.294 e. The summed E-state index contributed by atoms with van der Waals surface area (Å²) in [5, 5.41) is 2.56. The van der Waals surface area contributed by atoms with E-state index in [2.05, 4.69) is 5.32 Å². The molecule has 2 amide bonds. The molecule has 8 nitrogen and oxygen atoms in total. The Morgan fingerprint density at radius 3 is 2.12 bits per heavy atom. The van der Waals surface area contributed by atoms with Crippen molar-refractivity contribution in [1.29, 1.82) is 0 Å². The Hall–Kier alpha value is -3.74. The largest absolute Gasteiger partial charge is 0.355 e. The quantitative estimate of drug-likeness (QED) is 0.273. The fourth-order valence-electron chi connectivity index (χ4n) is 5.84. The van der Waals surface area contributed by atoms with Crippen LogP contribution in [0.5, 0.6) is 0 Å². The number of fused-ring (bicyclic) bond motifs is 2. The van der Waals surface area contributed by atoms with Crippen molar-refractivity contribution in [2.24, 2.45) is 11.7 Å². The molecule has 43 heavy (non-hydrogen) atoms. The second-order valence-electron chi connectivity index (χ2n) is 11.0. The third-order valence-electron chi connectivity index (χ3n) is 8.07. The smallest absolute Gasteiger partial charge is 0.294 e. The summed E-state index contributed by atoms with van der Waals surface area (Å²) < 4.78 is 70.3. The van der Waals surface area contributed by atoms with Gasteiger partial charge in [0.2, 0.25) is 0 Å². The molecule has 0 radical (unpaired) electrons. The minimum absolute atomic E-state index is 0.00996. The van der Waals surface area contributed by atoms with Crippen LogP contribution in [0.4, 0.5) is 13.2 Å². The van der Waals surface area contributed by atoms with Crippen molar-refractivity contribution >= 4 is 21.9 Å². The number of carbonyl (C=O) groups is 2. The van der Waals surface area contributed by atoms with Gasteiger partial charge in [-0.05, 0) is 86.9 Å². The number of carbonyl (C=O) groups excluding carboxylic acids is 2. The summed E-state index contributed by atoms with van der Waals surface area (Å²) in [5.74, 6) is -3.43. The van der Waals surface area contributed by atoms with E-state index in [4.69, 9.17) is 10.3 Å². The van der Waals surface area contributed by atoms with Gasteiger partial charge in [-0.2, -0.15) is 8.42 Å². The van der Waals surface area contributed by atoms with Crippen molar-refractivity contribution in [2.75, 3.05) is 7.05 Å². The number of piperidine rings is 1. The van der Waals surface area contributed by atoms with Gasteiger partial charge in [0, 0.05) is 42.4 Å². The lowest BCUT2D eigenvalue weighted by Gasteiger charge is -2.41. The SMILES string of the molecule is CNC(=O)c1cccc(C(=O)N2[C@@H]3CC[C@H]2CC([C@H](N)Cc2cc(F)c(F)cc2F)C3)c1.Cc1ccc(S(=O)(=O)O)cc1. The molecular weight excluding hydrogens is 583 g/mol. The Morgan fingerprint density at radius 2 is 1.53 bits per heavy atom. The predicted molar refractivity (Wildman–Crippen MR) is 155 cm³/mol. The summed E-state index contributed by atoms with van der Waals surface area (Å²) in [6.45, 7) is 1.84. The molecule has 2 bridgehead atoms. The van der Waals surface area contributed by atoms with Crippen LogP contribution >= 0.6 is 0 Å². The van der Waals surface area contributed by atoms with Gasteiger partial charge in [0.25, 0.3) is 21.9 Å². The molecule has 4 N–H and O–H groups in total. The Morgan fingerprint density at radius 1 is 0.953 bits per heavy atom. The summed E-state index contributed by atoms with van der Waals surface area (Å²) in [6.07, 6.45) is 3.16. The van der Waals surface area contributed by atoms with E-state index < -0.39 is 33.6 Å². The lowest BCUT2D eigenvalue weighted by atomic mass is 9.82. The minimum atomic E-state index is -4.02. The highest BCUT2D eigenvalue weighted by Gasteiger charge is 2.44. The Kier molecular flexibility index (Phi) is 9.93. The highest BCUT2D eigenvalue weighted by Crippen LogP contribution is 2.41. The summed E-state index contributed by atoms with van der Waals surface area (Å²) >= 11 is 0. The van der Waals surface area contributed by atoms with Gasteiger partial charge in [0.15, 0.2) is 11.6 Å². The average Bonchev–Trinajstić information content (AvgIpc) is 3.23. The first-order chi connectivity index (χ1) is 20.3. The Labute approximate surface area is 248 Å². The molecule has 4 atom stereocenters. The van der Waals surface area contributed by atoms with Gasteiger partial charge < -0.3 is 16.0 Å². The molecule has 1 unspecified atom stereocenters. The second kappa shape index (κ2) is 13.3. The van der Waals surface area contributed by atoms with Crippen LogP contribution in [-0.4, -0.2) is 54.9 Å². The monoisotopic (exact) mass is 617 g/mol. The zero-order valence-corrected chi connectivity index (χ0v) is 24.6. The standard InChI is InChI=1S/C24H26F3N3O2.C7H8O3S/c1-29-23(31)13-3-2-4-14(7-13)24(32)30-17-5-6-18(30)9-16(8-17)22(28)11-15-10-20(26)21(27)12-19(15)25;1-6-2-4-7(5-3-6)11(8,9)10/h2-4,7,10,12,16-18,22H,5-6,8-9,11,28H2,1H3,(H,29,31);2-5H,1H3,(H,8,9,10)/t16?,17-,18+,22-;/m1./s1. The van der Waals surface area contributed by atoms with Crippen molar-refractivity contribution < 1.29 is 35.7 Å². The zero-order chi connectivity index (χ0) is 31.5. The van der Waals surface area contributed by atoms with E-state index in [1.807, 2.05) is 11.8 Å². The number of hydrogen-bond acceptors (Lipinski definition) is 5. The molecule has 3 aromatic rings. The number of hydrogen-bond donors (Lipinski definition) is 3. The van der Waals surface area contributed by atoms with Crippen LogP contribution in [0.3, 0.4) is 0 Å². The van der Waals surface area contributed by atoms with Crippen LogP contribution in [0.25, 0.3) is 0 Å². The van der Waals surface area contributed by atoms with Crippen molar-refractivity contribution in [3.05, 3.63) is 100 Å². The summed E-state index contributed by atoms with van der Waals surface area (Å²) in [6, 6.07) is 13.7.